The number of fused-ring (bicyclic) bond motifs is 2. The molecule has 0 bridgehead atoms. The number of hydrogen-bond acceptors (Lipinski definition) is 6. The fourth-order valence-electron chi connectivity index (χ4n) is 3.63. The lowest BCUT2D eigenvalue weighted by atomic mass is 10.1. The van der Waals surface area contributed by atoms with E-state index in [9.17, 15) is 4.79 Å². The minimum Gasteiger partial charge on any atom is -1.00 e. The molecule has 0 aromatic heterocycles. The third-order valence-electron chi connectivity index (χ3n) is 5.13. The summed E-state index contributed by atoms with van der Waals surface area (Å²) in [5.74, 6) is 2.87. The van der Waals surface area contributed by atoms with Gasteiger partial charge in [-0.1, -0.05) is 12.1 Å². The normalized spacial score (nSPS) is 19.9. The van der Waals surface area contributed by atoms with E-state index >= 15 is 0 Å². The van der Waals surface area contributed by atoms with Crippen LogP contribution in [0.2, 0.25) is 0 Å². The van der Waals surface area contributed by atoms with Crippen LogP contribution in [0.3, 0.4) is 0 Å². The Morgan fingerprint density at radius 2 is 1.83 bits per heavy atom. The van der Waals surface area contributed by atoms with Gasteiger partial charge in [-0.05, 0) is 24.3 Å². The molecule has 3 aliphatic heterocycles. The van der Waals surface area contributed by atoms with E-state index in [-0.39, 0.29) is 31.2 Å². The highest BCUT2D eigenvalue weighted by molar-refractivity contribution is 5.90. The molecule has 0 radical (unpaired) electrons. The standard InChI is InChI=1S/C21H21N2O5.ClH/c24-21(15-5-6-18-20(11-15)27-14-26-18)23-9-7-22(8-10-23)12-16-13-25-17-3-1-2-4-19(17)28-16;/h1-6,9,11,16H,7-8,10,12-14H2;1H/q+1;/p-1. The smallest absolute Gasteiger partial charge is 0.419 e. The van der Waals surface area contributed by atoms with Crippen molar-refractivity contribution in [3.05, 3.63) is 48.0 Å². The van der Waals surface area contributed by atoms with Crippen LogP contribution in [0.1, 0.15) is 10.4 Å². The first-order chi connectivity index (χ1) is 13.8. The Bertz CT molecular complexity index is 948. The molecule has 29 heavy (non-hydrogen) atoms. The van der Waals surface area contributed by atoms with Crippen molar-refractivity contribution in [2.24, 2.45) is 0 Å². The number of benzene rings is 2. The highest BCUT2D eigenvalue weighted by atomic mass is 35.5. The molecule has 1 amide bonds. The Labute approximate surface area is 174 Å². The summed E-state index contributed by atoms with van der Waals surface area (Å²) < 4.78 is 24.3. The maximum absolute atomic E-state index is 12.8. The average molecular weight is 417 g/mol. The Kier molecular flexibility index (Phi) is 5.60. The number of amides is 1. The van der Waals surface area contributed by atoms with Gasteiger partial charge in [0.2, 0.25) is 6.79 Å². The SMILES string of the molecule is O=C(c1ccc2c(c1)OCO2)[N+]1=CCN(CC2COc3ccccc3O2)CC1.[Cl-]. The topological polar surface area (TPSA) is 60.2 Å². The zero-order valence-electron chi connectivity index (χ0n) is 15.8. The number of hydrogen-bond donors (Lipinski definition) is 0. The number of nitrogens with zero attached hydrogens (tertiary/aromatic N) is 2. The van der Waals surface area contributed by atoms with E-state index in [1.807, 2.05) is 30.5 Å². The van der Waals surface area contributed by atoms with Crippen LogP contribution in [0.5, 0.6) is 23.0 Å². The number of carbonyl (C=O) groups excluding carboxylic acids is 1. The van der Waals surface area contributed by atoms with Crippen LogP contribution in [-0.2, 0) is 0 Å². The van der Waals surface area contributed by atoms with Crippen LogP contribution in [-0.4, -0.2) is 67.3 Å². The van der Waals surface area contributed by atoms with E-state index in [0.717, 1.165) is 24.6 Å². The fraction of sp³-hybridized carbons (Fsp3) is 0.333. The third kappa shape index (κ3) is 4.02. The van der Waals surface area contributed by atoms with Crippen molar-refractivity contribution >= 4 is 12.1 Å². The molecule has 8 heteroatoms. The highest BCUT2D eigenvalue weighted by Gasteiger charge is 2.29. The van der Waals surface area contributed by atoms with E-state index < -0.39 is 0 Å². The summed E-state index contributed by atoms with van der Waals surface area (Å²) in [7, 11) is 0. The number of ether oxygens (including phenoxy) is 4. The van der Waals surface area contributed by atoms with Crippen molar-refractivity contribution in [3.8, 4) is 23.0 Å². The van der Waals surface area contributed by atoms with Gasteiger partial charge in [-0.25, -0.2) is 4.79 Å². The van der Waals surface area contributed by atoms with Gasteiger partial charge in [-0.2, -0.15) is 4.58 Å². The highest BCUT2D eigenvalue weighted by Crippen LogP contribution is 2.33. The lowest BCUT2D eigenvalue weighted by molar-refractivity contribution is -0.431. The second kappa shape index (κ2) is 8.31. The monoisotopic (exact) mass is 416 g/mol. The molecule has 0 saturated heterocycles. The van der Waals surface area contributed by atoms with Crippen LogP contribution in [0.25, 0.3) is 0 Å². The van der Waals surface area contributed by atoms with Crippen molar-refractivity contribution < 1.29 is 40.7 Å². The van der Waals surface area contributed by atoms with Crippen molar-refractivity contribution in [3.63, 3.8) is 0 Å². The Morgan fingerprint density at radius 1 is 1.03 bits per heavy atom. The van der Waals surface area contributed by atoms with Gasteiger partial charge < -0.3 is 31.4 Å². The van der Waals surface area contributed by atoms with Gasteiger partial charge in [0.05, 0.1) is 18.7 Å². The quantitative estimate of drug-likeness (QED) is 0.586. The van der Waals surface area contributed by atoms with Crippen molar-refractivity contribution in [1.29, 1.82) is 0 Å². The molecule has 0 aliphatic carbocycles. The lowest BCUT2D eigenvalue weighted by Gasteiger charge is -2.31. The molecule has 152 valence electrons. The Morgan fingerprint density at radius 3 is 2.66 bits per heavy atom. The van der Waals surface area contributed by atoms with Crippen LogP contribution in [0.4, 0.5) is 0 Å². The molecule has 3 heterocycles. The van der Waals surface area contributed by atoms with Gasteiger partial charge in [0.25, 0.3) is 0 Å². The second-order valence-electron chi connectivity index (χ2n) is 7.01. The van der Waals surface area contributed by atoms with Gasteiger partial charge >= 0.3 is 5.91 Å². The van der Waals surface area contributed by atoms with Crippen molar-refractivity contribution in [2.75, 3.05) is 39.6 Å². The molecular weight excluding hydrogens is 396 g/mol. The minimum atomic E-state index is -0.0240. The van der Waals surface area contributed by atoms with Crippen LogP contribution < -0.4 is 31.4 Å². The molecule has 2 aromatic carbocycles. The zero-order chi connectivity index (χ0) is 18.9. The lowest BCUT2D eigenvalue weighted by Crippen LogP contribution is -3.00. The Balaban J connectivity index is 0.00000205. The predicted molar refractivity (Wildman–Crippen MR) is 101 cm³/mol. The van der Waals surface area contributed by atoms with Crippen molar-refractivity contribution in [2.45, 2.75) is 6.10 Å². The van der Waals surface area contributed by atoms with E-state index in [0.29, 0.717) is 36.8 Å². The van der Waals surface area contributed by atoms with E-state index in [2.05, 4.69) is 4.90 Å². The van der Waals surface area contributed by atoms with Gasteiger partial charge in [-0.15, -0.1) is 0 Å². The maximum atomic E-state index is 12.8. The summed E-state index contributed by atoms with van der Waals surface area (Å²) in [6, 6.07) is 13.0. The molecule has 5 rings (SSSR count). The molecule has 1 unspecified atom stereocenters. The summed E-state index contributed by atoms with van der Waals surface area (Å²) in [6.07, 6.45) is 1.92. The number of carbonyl (C=O) groups is 1. The van der Waals surface area contributed by atoms with E-state index in [4.69, 9.17) is 18.9 Å². The summed E-state index contributed by atoms with van der Waals surface area (Å²) in [6.45, 7) is 3.61. The summed E-state index contributed by atoms with van der Waals surface area (Å²) in [4.78, 5) is 15.0. The first-order valence-electron chi connectivity index (χ1n) is 9.41. The molecule has 1 atom stereocenters. The first kappa shape index (κ1) is 19.5. The molecule has 7 nitrogen and oxygen atoms in total. The van der Waals surface area contributed by atoms with Crippen LogP contribution in [0, 0.1) is 0 Å². The molecule has 0 fully saturated rings. The molecular formula is C21H21ClN2O5. The fourth-order valence-corrected chi connectivity index (χ4v) is 3.63. The largest absolute Gasteiger partial charge is 1.00 e. The van der Waals surface area contributed by atoms with Crippen molar-refractivity contribution in [1.82, 2.24) is 4.90 Å². The van der Waals surface area contributed by atoms with Crippen LogP contribution >= 0.6 is 0 Å². The summed E-state index contributed by atoms with van der Waals surface area (Å²) >= 11 is 0. The molecule has 0 saturated carbocycles. The minimum absolute atomic E-state index is 0. The number of halogens is 1. The Hall–Kier alpha value is -2.77. The van der Waals surface area contributed by atoms with Gasteiger partial charge in [0.15, 0.2) is 35.8 Å². The number of rotatable bonds is 3. The van der Waals surface area contributed by atoms with E-state index in [1.165, 1.54) is 0 Å². The summed E-state index contributed by atoms with van der Waals surface area (Å²) in [5.41, 5.74) is 0.606. The van der Waals surface area contributed by atoms with Crippen LogP contribution in [0.15, 0.2) is 42.5 Å². The van der Waals surface area contributed by atoms with Gasteiger partial charge in [0.1, 0.15) is 12.7 Å². The molecule has 0 spiro atoms. The molecule has 0 N–H and O–H groups in total. The maximum Gasteiger partial charge on any atom is 0.419 e. The van der Waals surface area contributed by atoms with Gasteiger partial charge in [0, 0.05) is 12.6 Å². The first-order valence-corrected chi connectivity index (χ1v) is 9.41. The average Bonchev–Trinajstić information content (AvgIpc) is 3.21. The predicted octanol–water partition coefficient (Wildman–Crippen LogP) is -1.20. The van der Waals surface area contributed by atoms with E-state index in [1.54, 1.807) is 22.8 Å². The zero-order valence-corrected chi connectivity index (χ0v) is 16.5. The summed E-state index contributed by atoms with van der Waals surface area (Å²) in [5, 5.41) is 0. The second-order valence-corrected chi connectivity index (χ2v) is 7.01. The number of para-hydroxylation sites is 2. The third-order valence-corrected chi connectivity index (χ3v) is 5.13. The molecule has 3 aliphatic rings. The molecule has 2 aromatic rings. The van der Waals surface area contributed by atoms with Gasteiger partial charge in [-0.3, -0.25) is 4.90 Å².